The van der Waals surface area contributed by atoms with Gasteiger partial charge in [0, 0.05) is 22.9 Å². The zero-order valence-electron chi connectivity index (χ0n) is 11.8. The third-order valence-corrected chi connectivity index (χ3v) is 7.25. The molecule has 1 N–H and O–H groups in total. The number of thioether (sulfide) groups is 1. The van der Waals surface area contributed by atoms with Crippen molar-refractivity contribution in [3.63, 3.8) is 0 Å². The number of nitrogens with one attached hydrogen (secondary N) is 1. The van der Waals surface area contributed by atoms with Crippen molar-refractivity contribution in [2.75, 3.05) is 19.4 Å². The fraction of sp³-hybridized carbons (Fsp3) is 0.308. The van der Waals surface area contributed by atoms with Crippen molar-refractivity contribution in [2.24, 2.45) is 0 Å². The molecule has 22 heavy (non-hydrogen) atoms. The van der Waals surface area contributed by atoms with Crippen LogP contribution in [0.2, 0.25) is 0 Å². The van der Waals surface area contributed by atoms with E-state index in [0.717, 1.165) is 17.1 Å². The van der Waals surface area contributed by atoms with E-state index < -0.39 is 16.0 Å². The summed E-state index contributed by atoms with van der Waals surface area (Å²) in [5.74, 6) is 0.891. The number of thiophene rings is 2. The van der Waals surface area contributed by atoms with Crippen molar-refractivity contribution in [1.29, 1.82) is 0 Å². The molecule has 0 radical (unpaired) electrons. The van der Waals surface area contributed by atoms with Crippen LogP contribution in [0.15, 0.2) is 33.9 Å². The average molecular weight is 378 g/mol. The van der Waals surface area contributed by atoms with Gasteiger partial charge in [-0.3, -0.25) is 0 Å². The highest BCUT2D eigenvalue weighted by molar-refractivity contribution is 7.98. The second-order valence-corrected chi connectivity index (χ2v) is 8.92. The second-order valence-electron chi connectivity index (χ2n) is 4.14. The average Bonchev–Trinajstić information content (AvgIpc) is 3.17. The number of carbonyl (C=O) groups is 1. The summed E-state index contributed by atoms with van der Waals surface area (Å²) in [7, 11) is -2.46. The highest BCUT2D eigenvalue weighted by Crippen LogP contribution is 2.22. The van der Waals surface area contributed by atoms with Crippen molar-refractivity contribution >= 4 is 50.4 Å². The third kappa shape index (κ3) is 4.56. The second kappa shape index (κ2) is 8.11. The lowest BCUT2D eigenvalue weighted by Gasteiger charge is -2.06. The number of esters is 1. The van der Waals surface area contributed by atoms with E-state index >= 15 is 0 Å². The summed E-state index contributed by atoms with van der Waals surface area (Å²) < 4.78 is 31.5. The molecule has 0 unspecified atom stereocenters. The Kier molecular flexibility index (Phi) is 6.45. The predicted octanol–water partition coefficient (Wildman–Crippen LogP) is 2.81. The number of carbonyl (C=O) groups excluding carboxylic acids is 1. The molecule has 2 heterocycles. The SMILES string of the molecule is COC(=O)c1sccc1S(=O)(=O)NCCSCc1cccs1. The Morgan fingerprint density at radius 3 is 2.82 bits per heavy atom. The minimum Gasteiger partial charge on any atom is -0.465 e. The van der Waals surface area contributed by atoms with Gasteiger partial charge in [-0.05, 0) is 22.9 Å². The number of ether oxygens (including phenoxy) is 1. The molecule has 9 heteroatoms. The molecule has 5 nitrogen and oxygen atoms in total. The first-order valence-corrected chi connectivity index (χ1v) is 10.7. The molecule has 0 spiro atoms. The van der Waals surface area contributed by atoms with E-state index in [0.29, 0.717) is 12.3 Å². The molecule has 0 aliphatic carbocycles. The lowest BCUT2D eigenvalue weighted by atomic mass is 10.5. The highest BCUT2D eigenvalue weighted by Gasteiger charge is 2.24. The molecule has 0 saturated carbocycles. The maximum atomic E-state index is 12.2. The van der Waals surface area contributed by atoms with Crippen LogP contribution < -0.4 is 4.72 Å². The Labute approximate surface area is 141 Å². The highest BCUT2D eigenvalue weighted by atomic mass is 32.2. The molecule has 120 valence electrons. The normalized spacial score (nSPS) is 11.5. The lowest BCUT2D eigenvalue weighted by molar-refractivity contribution is 0.0602. The quantitative estimate of drug-likeness (QED) is 0.566. The van der Waals surface area contributed by atoms with Crippen LogP contribution in [0.25, 0.3) is 0 Å². The Bertz CT molecular complexity index is 706. The van der Waals surface area contributed by atoms with Gasteiger partial charge in [0.25, 0.3) is 0 Å². The molecule has 0 atom stereocenters. The number of rotatable bonds is 8. The van der Waals surface area contributed by atoms with Gasteiger partial charge < -0.3 is 4.74 Å². The molecular weight excluding hydrogens is 362 g/mol. The number of sulfonamides is 1. The van der Waals surface area contributed by atoms with E-state index in [4.69, 9.17) is 0 Å². The van der Waals surface area contributed by atoms with Gasteiger partial charge >= 0.3 is 5.97 Å². The van der Waals surface area contributed by atoms with Crippen molar-refractivity contribution in [3.05, 3.63) is 38.7 Å². The van der Waals surface area contributed by atoms with Crippen molar-refractivity contribution in [3.8, 4) is 0 Å². The molecule has 0 amide bonds. The van der Waals surface area contributed by atoms with Crippen LogP contribution in [-0.2, 0) is 20.5 Å². The summed E-state index contributed by atoms with van der Waals surface area (Å²) in [6.07, 6.45) is 0. The van der Waals surface area contributed by atoms with E-state index in [2.05, 4.69) is 15.5 Å². The molecule has 0 aromatic carbocycles. The first-order valence-electron chi connectivity index (χ1n) is 6.30. The van der Waals surface area contributed by atoms with Crippen LogP contribution in [0, 0.1) is 0 Å². The fourth-order valence-electron chi connectivity index (χ4n) is 1.64. The van der Waals surface area contributed by atoms with Gasteiger partial charge in [0.2, 0.25) is 10.0 Å². The van der Waals surface area contributed by atoms with Crippen molar-refractivity contribution in [2.45, 2.75) is 10.6 Å². The van der Waals surface area contributed by atoms with Gasteiger partial charge in [-0.15, -0.1) is 22.7 Å². The predicted molar refractivity (Wildman–Crippen MR) is 91.3 cm³/mol. The largest absolute Gasteiger partial charge is 0.465 e. The summed E-state index contributed by atoms with van der Waals surface area (Å²) in [6.45, 7) is 0.314. The molecule has 2 aromatic heterocycles. The van der Waals surface area contributed by atoms with Gasteiger partial charge in [-0.1, -0.05) is 6.07 Å². The van der Waals surface area contributed by atoms with E-state index in [1.54, 1.807) is 28.5 Å². The van der Waals surface area contributed by atoms with E-state index in [9.17, 15) is 13.2 Å². The number of hydrogen-bond acceptors (Lipinski definition) is 7. The van der Waals surface area contributed by atoms with E-state index in [1.165, 1.54) is 18.1 Å². The van der Waals surface area contributed by atoms with Gasteiger partial charge in [0.1, 0.15) is 9.77 Å². The fourth-order valence-corrected chi connectivity index (χ4v) is 5.84. The van der Waals surface area contributed by atoms with Crippen molar-refractivity contribution < 1.29 is 17.9 Å². The Hall–Kier alpha value is -0.870. The summed E-state index contributed by atoms with van der Waals surface area (Å²) in [6, 6.07) is 5.46. The molecule has 0 bridgehead atoms. The molecule has 0 saturated heterocycles. The van der Waals surface area contributed by atoms with E-state index in [-0.39, 0.29) is 9.77 Å². The van der Waals surface area contributed by atoms with Crippen LogP contribution in [0.3, 0.4) is 0 Å². The smallest absolute Gasteiger partial charge is 0.349 e. The van der Waals surface area contributed by atoms with Crippen LogP contribution >= 0.6 is 34.4 Å². The molecule has 0 aliphatic rings. The zero-order chi connectivity index (χ0) is 16.0. The lowest BCUT2D eigenvalue weighted by Crippen LogP contribution is -2.27. The summed E-state index contributed by atoms with van der Waals surface area (Å²) in [5, 5.41) is 3.58. The molecule has 0 fully saturated rings. The third-order valence-electron chi connectivity index (χ3n) is 2.65. The molecule has 2 rings (SSSR count). The standard InChI is InChI=1S/C13H15NO4S4/c1-18-13(15)12-11(4-7-21-12)22(16,17)14-5-8-19-9-10-3-2-6-20-10/h2-4,6-7,14H,5,8-9H2,1H3. The molecule has 0 aliphatic heterocycles. The number of methoxy groups -OCH3 is 1. The minimum atomic E-state index is -3.69. The monoisotopic (exact) mass is 377 g/mol. The summed E-state index contributed by atoms with van der Waals surface area (Å²) in [5.41, 5.74) is 0. The topological polar surface area (TPSA) is 72.5 Å². The van der Waals surface area contributed by atoms with Crippen LogP contribution in [0.1, 0.15) is 14.5 Å². The van der Waals surface area contributed by atoms with Crippen molar-refractivity contribution in [1.82, 2.24) is 4.72 Å². The molecular formula is C13H15NO4S4. The van der Waals surface area contributed by atoms with Gasteiger partial charge in [-0.2, -0.15) is 11.8 Å². The van der Waals surface area contributed by atoms with Gasteiger partial charge in [0.05, 0.1) is 7.11 Å². The minimum absolute atomic E-state index is 0.0207. The van der Waals surface area contributed by atoms with Gasteiger partial charge in [0.15, 0.2) is 0 Å². The van der Waals surface area contributed by atoms with Crippen LogP contribution in [0.5, 0.6) is 0 Å². The number of hydrogen-bond donors (Lipinski definition) is 1. The summed E-state index contributed by atoms with van der Waals surface area (Å²) in [4.78, 5) is 12.9. The Balaban J connectivity index is 1.86. The van der Waals surface area contributed by atoms with Crippen LogP contribution in [-0.4, -0.2) is 33.8 Å². The first-order chi connectivity index (χ1) is 10.5. The summed E-state index contributed by atoms with van der Waals surface area (Å²) >= 11 is 4.39. The maximum absolute atomic E-state index is 12.2. The first kappa shape index (κ1) is 17.5. The zero-order valence-corrected chi connectivity index (χ0v) is 15.0. The van der Waals surface area contributed by atoms with E-state index in [1.807, 2.05) is 11.4 Å². The molecule has 2 aromatic rings. The van der Waals surface area contributed by atoms with Gasteiger partial charge in [-0.25, -0.2) is 17.9 Å². The maximum Gasteiger partial charge on any atom is 0.349 e. The van der Waals surface area contributed by atoms with Crippen LogP contribution in [0.4, 0.5) is 0 Å². The Morgan fingerprint density at radius 1 is 1.32 bits per heavy atom. The Morgan fingerprint density at radius 2 is 2.14 bits per heavy atom.